The number of halogens is 4. The number of hydrogen-bond donors (Lipinski definition) is 2. The van der Waals surface area contributed by atoms with Crippen molar-refractivity contribution in [3.05, 3.63) is 118 Å². The van der Waals surface area contributed by atoms with E-state index in [2.05, 4.69) is 44.0 Å². The van der Waals surface area contributed by atoms with Crippen LogP contribution in [0.5, 0.6) is 0 Å². The number of aromatic nitrogens is 6. The molecule has 3 atom stereocenters. The fraction of sp³-hybridized carbons (Fsp3) is 0.361. The monoisotopic (exact) mass is 690 g/mol. The molecule has 1 saturated heterocycles. The van der Waals surface area contributed by atoms with Crippen LogP contribution in [-0.2, 0) is 11.5 Å². The standard InChI is InChI=1S/C36H38F4N8O2/c1-22(2)23(3)33(49)31-13-11-28(21-41-31)47-17-15-46(16-18-47)27-9-5-24(6-10-27)25-7-14-32(42-20-25)36(39,40)35(4,48-34(50)43-44-45-48)29-12-8-26(37)19-30(29)38/h5-14,19-23,33,49H,15-18H2,1-4H3,(H,43,45,50)/t23?,33?,35-/m1/s1. The van der Waals surface area contributed by atoms with Gasteiger partial charge in [0.25, 0.3) is 0 Å². The number of benzene rings is 2. The molecule has 1 fully saturated rings. The van der Waals surface area contributed by atoms with Crippen molar-refractivity contribution in [2.45, 2.75) is 45.3 Å². The number of H-pyrrole nitrogens is 1. The van der Waals surface area contributed by atoms with Gasteiger partial charge >= 0.3 is 11.6 Å². The van der Waals surface area contributed by atoms with Crippen LogP contribution in [0.15, 0.2) is 83.9 Å². The van der Waals surface area contributed by atoms with Gasteiger partial charge in [0, 0.05) is 55.3 Å². The number of aliphatic hydroxyl groups is 1. The molecule has 0 radical (unpaired) electrons. The Kier molecular flexibility index (Phi) is 9.49. The van der Waals surface area contributed by atoms with Crippen LogP contribution in [0.4, 0.5) is 28.9 Å². The second kappa shape index (κ2) is 13.7. The molecular weight excluding hydrogens is 652 g/mol. The smallest absolute Gasteiger partial charge is 0.362 e. The van der Waals surface area contributed by atoms with Gasteiger partial charge in [0.2, 0.25) is 0 Å². The minimum Gasteiger partial charge on any atom is -0.387 e. The number of rotatable bonds is 10. The molecular formula is C36H38F4N8O2. The zero-order valence-corrected chi connectivity index (χ0v) is 28.1. The Morgan fingerprint density at radius 1 is 0.820 bits per heavy atom. The number of anilines is 2. The molecule has 0 amide bonds. The molecule has 262 valence electrons. The van der Waals surface area contributed by atoms with Crippen LogP contribution < -0.4 is 15.5 Å². The van der Waals surface area contributed by atoms with Gasteiger partial charge in [-0.15, -0.1) is 0 Å². The molecule has 0 aliphatic carbocycles. The molecule has 0 bridgehead atoms. The van der Waals surface area contributed by atoms with Crippen LogP contribution in [0.2, 0.25) is 0 Å². The lowest BCUT2D eigenvalue weighted by molar-refractivity contribution is -0.104. The Labute approximate surface area is 286 Å². The Morgan fingerprint density at radius 3 is 2.00 bits per heavy atom. The molecule has 10 nitrogen and oxygen atoms in total. The number of nitrogens with zero attached hydrogens (tertiary/aromatic N) is 7. The number of piperazine rings is 1. The maximum Gasteiger partial charge on any atom is 0.362 e. The van der Waals surface area contributed by atoms with Gasteiger partial charge in [-0.1, -0.05) is 45.0 Å². The maximum absolute atomic E-state index is 16.4. The van der Waals surface area contributed by atoms with E-state index < -0.39 is 46.1 Å². The Morgan fingerprint density at radius 2 is 1.46 bits per heavy atom. The summed E-state index contributed by atoms with van der Waals surface area (Å²) in [6.07, 6.45) is 2.50. The molecule has 5 aromatic rings. The summed E-state index contributed by atoms with van der Waals surface area (Å²) in [5, 5.41) is 19.4. The average molecular weight is 691 g/mol. The molecule has 14 heteroatoms. The van der Waals surface area contributed by atoms with Gasteiger partial charge in [0.15, 0.2) is 5.54 Å². The molecule has 6 rings (SSSR count). The molecule has 2 aromatic carbocycles. The lowest BCUT2D eigenvalue weighted by Crippen LogP contribution is -2.52. The molecule has 2 N–H and O–H groups in total. The van der Waals surface area contributed by atoms with Gasteiger partial charge in [0.05, 0.1) is 23.7 Å². The van der Waals surface area contributed by atoms with Gasteiger partial charge in [0.1, 0.15) is 17.3 Å². The van der Waals surface area contributed by atoms with Gasteiger partial charge in [-0.25, -0.2) is 18.7 Å². The van der Waals surface area contributed by atoms with Gasteiger partial charge < -0.3 is 14.9 Å². The van der Waals surface area contributed by atoms with E-state index in [1.165, 1.54) is 12.3 Å². The first-order valence-corrected chi connectivity index (χ1v) is 16.4. The summed E-state index contributed by atoms with van der Waals surface area (Å²) in [7, 11) is 0. The molecule has 50 heavy (non-hydrogen) atoms. The van der Waals surface area contributed by atoms with E-state index in [9.17, 15) is 18.7 Å². The summed E-state index contributed by atoms with van der Waals surface area (Å²) in [4.78, 5) is 25.5. The number of pyridine rings is 2. The van der Waals surface area contributed by atoms with E-state index in [1.54, 1.807) is 0 Å². The van der Waals surface area contributed by atoms with Crippen molar-refractivity contribution in [3.63, 3.8) is 0 Å². The third-order valence-corrected chi connectivity index (χ3v) is 9.88. The first-order valence-electron chi connectivity index (χ1n) is 16.4. The largest absolute Gasteiger partial charge is 0.387 e. The Bertz CT molecular complexity index is 1980. The van der Waals surface area contributed by atoms with Crippen molar-refractivity contribution in [3.8, 4) is 11.1 Å². The minimum atomic E-state index is -4.00. The van der Waals surface area contributed by atoms with Crippen LogP contribution in [-0.4, -0.2) is 61.5 Å². The number of alkyl halides is 2. The second-order valence-corrected chi connectivity index (χ2v) is 13.1. The zero-order valence-electron chi connectivity index (χ0n) is 28.1. The highest BCUT2D eigenvalue weighted by Crippen LogP contribution is 2.47. The molecule has 4 heterocycles. The van der Waals surface area contributed by atoms with E-state index in [0.717, 1.165) is 68.2 Å². The topological polar surface area (TPSA) is 116 Å². The van der Waals surface area contributed by atoms with Crippen molar-refractivity contribution in [1.29, 1.82) is 0 Å². The van der Waals surface area contributed by atoms with Crippen LogP contribution in [0.25, 0.3) is 11.1 Å². The second-order valence-electron chi connectivity index (χ2n) is 13.1. The van der Waals surface area contributed by atoms with E-state index in [-0.39, 0.29) is 5.92 Å². The predicted octanol–water partition coefficient (Wildman–Crippen LogP) is 5.91. The van der Waals surface area contributed by atoms with E-state index in [4.69, 9.17) is 0 Å². The third kappa shape index (κ3) is 6.35. The summed E-state index contributed by atoms with van der Waals surface area (Å²) in [5.74, 6) is -5.80. The van der Waals surface area contributed by atoms with Crippen LogP contribution >= 0.6 is 0 Å². The highest BCUT2D eigenvalue weighted by Gasteiger charge is 2.58. The van der Waals surface area contributed by atoms with Crippen molar-refractivity contribution in [1.82, 2.24) is 30.2 Å². The zero-order chi connectivity index (χ0) is 35.8. The van der Waals surface area contributed by atoms with Gasteiger partial charge in [-0.2, -0.15) is 13.5 Å². The third-order valence-electron chi connectivity index (χ3n) is 9.88. The van der Waals surface area contributed by atoms with Crippen LogP contribution in [0.1, 0.15) is 50.8 Å². The molecule has 0 spiro atoms. The number of nitrogens with one attached hydrogen (secondary N) is 1. The highest BCUT2D eigenvalue weighted by atomic mass is 19.3. The summed E-state index contributed by atoms with van der Waals surface area (Å²) < 4.78 is 61.7. The fourth-order valence-electron chi connectivity index (χ4n) is 6.27. The molecule has 1 aliphatic heterocycles. The lowest BCUT2D eigenvalue weighted by atomic mass is 9.83. The predicted molar refractivity (Wildman–Crippen MR) is 181 cm³/mol. The first kappa shape index (κ1) is 34.7. The summed E-state index contributed by atoms with van der Waals surface area (Å²) in [6.45, 7) is 10.2. The number of tetrazole rings is 1. The number of aromatic amines is 1. The fourth-order valence-corrected chi connectivity index (χ4v) is 6.27. The van der Waals surface area contributed by atoms with Gasteiger partial charge in [-0.3, -0.25) is 9.97 Å². The molecule has 3 aromatic heterocycles. The molecule has 2 unspecified atom stereocenters. The highest BCUT2D eigenvalue weighted by molar-refractivity contribution is 5.66. The van der Waals surface area contributed by atoms with Crippen molar-refractivity contribution in [2.75, 3.05) is 36.0 Å². The molecule has 0 saturated carbocycles. The van der Waals surface area contributed by atoms with Crippen molar-refractivity contribution >= 4 is 11.4 Å². The maximum atomic E-state index is 16.4. The normalized spacial score (nSPS) is 16.4. The van der Waals surface area contributed by atoms with Crippen LogP contribution in [0, 0.1) is 23.5 Å². The number of aliphatic hydroxyl groups excluding tert-OH is 1. The summed E-state index contributed by atoms with van der Waals surface area (Å²) in [5.41, 5.74) is -1.25. The lowest BCUT2D eigenvalue weighted by Gasteiger charge is -2.37. The van der Waals surface area contributed by atoms with E-state index >= 15 is 8.78 Å². The SMILES string of the molecule is CC(C)C(C)C(O)c1ccc(N2CCN(c3ccc(-c4ccc(C(F)(F)[C@@](C)(c5ccc(F)cc5F)n5nn[nH]c5=O)nc4)cc3)CC2)cn1. The van der Waals surface area contributed by atoms with Crippen molar-refractivity contribution in [2.24, 2.45) is 11.8 Å². The van der Waals surface area contributed by atoms with Gasteiger partial charge in [-0.05, 0) is 71.1 Å². The minimum absolute atomic E-state index is 0.102. The quantitative estimate of drug-likeness (QED) is 0.174. The van der Waals surface area contributed by atoms with Crippen molar-refractivity contribution < 1.29 is 22.7 Å². The molecule has 1 aliphatic rings. The summed E-state index contributed by atoms with van der Waals surface area (Å²) in [6, 6.07) is 16.3. The first-order chi connectivity index (χ1) is 23.8. The Hall–Kier alpha value is -5.11. The summed E-state index contributed by atoms with van der Waals surface area (Å²) >= 11 is 0. The Balaban J connectivity index is 1.14. The van der Waals surface area contributed by atoms with E-state index in [1.807, 2.05) is 54.6 Å². The van der Waals surface area contributed by atoms with Crippen LogP contribution in [0.3, 0.4) is 0 Å². The van der Waals surface area contributed by atoms with E-state index in [0.29, 0.717) is 27.9 Å². The average Bonchev–Trinajstić information content (AvgIpc) is 3.57. The number of hydrogen-bond acceptors (Lipinski definition) is 8.